The molecule has 0 amide bonds. The molecule has 0 fully saturated rings. The van der Waals surface area contributed by atoms with Gasteiger partial charge in [0.15, 0.2) is 0 Å². The van der Waals surface area contributed by atoms with E-state index >= 15 is 0 Å². The third kappa shape index (κ3) is 2.40. The Kier molecular flexibility index (Phi) is 3.64. The van der Waals surface area contributed by atoms with Gasteiger partial charge in [0.25, 0.3) is 0 Å². The molecule has 0 aliphatic heterocycles. The number of hydrogen-bond acceptors (Lipinski definition) is 2. The predicted octanol–water partition coefficient (Wildman–Crippen LogP) is 4.34. The number of rotatable bonds is 2. The average Bonchev–Trinajstić information content (AvgIpc) is 2.84. The van der Waals surface area contributed by atoms with Gasteiger partial charge in [-0.25, -0.2) is 9.37 Å². The van der Waals surface area contributed by atoms with E-state index < -0.39 is 0 Å². The van der Waals surface area contributed by atoms with Crippen molar-refractivity contribution < 1.29 is 4.39 Å². The van der Waals surface area contributed by atoms with Gasteiger partial charge >= 0.3 is 0 Å². The minimum Gasteiger partial charge on any atom is -0.324 e. The SMILES string of the molecule is CCn1c(-c2ccc(F)cc2I)nc2cc(C#N)ccc21. The van der Waals surface area contributed by atoms with E-state index in [1.54, 1.807) is 18.2 Å². The van der Waals surface area contributed by atoms with E-state index in [1.165, 1.54) is 12.1 Å². The van der Waals surface area contributed by atoms with Gasteiger partial charge in [-0.05, 0) is 65.9 Å². The molecule has 3 nitrogen and oxygen atoms in total. The number of aromatic nitrogens is 2. The molecule has 0 unspecified atom stereocenters. The molecule has 0 aliphatic rings. The minimum atomic E-state index is -0.255. The van der Waals surface area contributed by atoms with Crippen LogP contribution < -0.4 is 0 Å². The number of halogens is 2. The summed E-state index contributed by atoms with van der Waals surface area (Å²) in [6.45, 7) is 2.80. The lowest BCUT2D eigenvalue weighted by Gasteiger charge is -2.08. The van der Waals surface area contributed by atoms with E-state index in [-0.39, 0.29) is 5.82 Å². The average molecular weight is 391 g/mol. The highest BCUT2D eigenvalue weighted by Crippen LogP contribution is 2.29. The van der Waals surface area contributed by atoms with Crippen molar-refractivity contribution in [2.24, 2.45) is 0 Å². The first kappa shape index (κ1) is 14.0. The molecule has 104 valence electrons. The van der Waals surface area contributed by atoms with E-state index in [2.05, 4.69) is 38.2 Å². The van der Waals surface area contributed by atoms with Crippen LogP contribution in [0.2, 0.25) is 0 Å². The first-order valence-corrected chi connectivity index (χ1v) is 7.57. The predicted molar refractivity (Wildman–Crippen MR) is 88.2 cm³/mol. The van der Waals surface area contributed by atoms with Gasteiger partial charge in [0.05, 0.1) is 22.7 Å². The Hall–Kier alpha value is -1.94. The van der Waals surface area contributed by atoms with Crippen molar-refractivity contribution in [2.45, 2.75) is 13.5 Å². The molecule has 3 rings (SSSR count). The Morgan fingerprint density at radius 2 is 2.10 bits per heavy atom. The molecule has 3 aromatic rings. The molecule has 0 N–H and O–H groups in total. The van der Waals surface area contributed by atoms with Gasteiger partial charge in [-0.1, -0.05) is 0 Å². The maximum absolute atomic E-state index is 13.3. The van der Waals surface area contributed by atoms with Gasteiger partial charge < -0.3 is 4.57 Å². The smallest absolute Gasteiger partial charge is 0.142 e. The fourth-order valence-corrected chi connectivity index (χ4v) is 3.11. The number of imidazole rings is 1. The van der Waals surface area contributed by atoms with Crippen molar-refractivity contribution in [3.8, 4) is 17.5 Å². The molecule has 1 aromatic heterocycles. The standard InChI is InChI=1S/C16H11FIN3/c1-2-21-15-6-3-10(9-19)7-14(15)20-16(21)12-5-4-11(17)8-13(12)18/h3-8H,2H2,1H3. The van der Waals surface area contributed by atoms with E-state index in [0.29, 0.717) is 5.56 Å². The maximum atomic E-state index is 13.3. The van der Waals surface area contributed by atoms with Crippen LogP contribution in [0.25, 0.3) is 22.4 Å². The van der Waals surface area contributed by atoms with E-state index in [1.807, 2.05) is 13.0 Å². The first-order valence-electron chi connectivity index (χ1n) is 6.50. The maximum Gasteiger partial charge on any atom is 0.142 e. The summed E-state index contributed by atoms with van der Waals surface area (Å²) in [5.41, 5.74) is 3.25. The lowest BCUT2D eigenvalue weighted by atomic mass is 10.2. The Morgan fingerprint density at radius 1 is 1.29 bits per heavy atom. The van der Waals surface area contributed by atoms with Crippen molar-refractivity contribution in [2.75, 3.05) is 0 Å². The van der Waals surface area contributed by atoms with Crippen molar-refractivity contribution >= 4 is 33.6 Å². The summed E-state index contributed by atoms with van der Waals surface area (Å²) < 4.78 is 16.2. The fourth-order valence-electron chi connectivity index (χ4n) is 2.40. The quantitative estimate of drug-likeness (QED) is 0.610. The zero-order chi connectivity index (χ0) is 15.0. The summed E-state index contributed by atoms with van der Waals surface area (Å²) in [7, 11) is 0. The molecular formula is C16H11FIN3. The van der Waals surface area contributed by atoms with Gasteiger partial charge in [-0.15, -0.1) is 0 Å². The molecule has 1 heterocycles. The van der Waals surface area contributed by atoms with Crippen LogP contribution in [0.4, 0.5) is 4.39 Å². The van der Waals surface area contributed by atoms with Crippen LogP contribution in [0.5, 0.6) is 0 Å². The highest BCUT2D eigenvalue weighted by Gasteiger charge is 2.14. The molecule has 0 saturated heterocycles. The molecule has 0 atom stereocenters. The van der Waals surface area contributed by atoms with Crippen molar-refractivity contribution in [3.05, 3.63) is 51.3 Å². The van der Waals surface area contributed by atoms with Crippen LogP contribution in [0.1, 0.15) is 12.5 Å². The van der Waals surface area contributed by atoms with E-state index in [4.69, 9.17) is 5.26 Å². The van der Waals surface area contributed by atoms with Gasteiger partial charge in [-0.3, -0.25) is 0 Å². The van der Waals surface area contributed by atoms with Crippen LogP contribution >= 0.6 is 22.6 Å². The van der Waals surface area contributed by atoms with E-state index in [0.717, 1.165) is 32.5 Å². The molecule has 0 saturated carbocycles. The number of nitrogens with zero attached hydrogens (tertiary/aromatic N) is 3. The molecule has 0 aliphatic carbocycles. The summed E-state index contributed by atoms with van der Waals surface area (Å²) in [6.07, 6.45) is 0. The highest BCUT2D eigenvalue weighted by atomic mass is 127. The second-order valence-corrected chi connectivity index (χ2v) is 5.78. The lowest BCUT2D eigenvalue weighted by molar-refractivity contribution is 0.627. The summed E-state index contributed by atoms with van der Waals surface area (Å²) in [5, 5.41) is 8.99. The number of fused-ring (bicyclic) bond motifs is 1. The van der Waals surface area contributed by atoms with Crippen LogP contribution in [0.15, 0.2) is 36.4 Å². The molecule has 0 bridgehead atoms. The Labute approximate surface area is 135 Å². The Morgan fingerprint density at radius 3 is 2.76 bits per heavy atom. The third-order valence-corrected chi connectivity index (χ3v) is 4.26. The van der Waals surface area contributed by atoms with Crippen molar-refractivity contribution in [1.82, 2.24) is 9.55 Å². The van der Waals surface area contributed by atoms with Crippen LogP contribution in [0, 0.1) is 20.7 Å². The summed E-state index contributed by atoms with van der Waals surface area (Å²) in [6, 6.07) is 12.3. The summed E-state index contributed by atoms with van der Waals surface area (Å²) in [5.74, 6) is 0.543. The Bertz CT molecular complexity index is 877. The first-order chi connectivity index (χ1) is 10.1. The van der Waals surface area contributed by atoms with Crippen molar-refractivity contribution in [1.29, 1.82) is 5.26 Å². The topological polar surface area (TPSA) is 41.6 Å². The minimum absolute atomic E-state index is 0.255. The van der Waals surface area contributed by atoms with Crippen LogP contribution in [-0.2, 0) is 6.54 Å². The summed E-state index contributed by atoms with van der Waals surface area (Å²) in [4.78, 5) is 4.64. The number of hydrogen-bond donors (Lipinski definition) is 0. The molecule has 5 heteroatoms. The van der Waals surface area contributed by atoms with Gasteiger partial charge in [0.2, 0.25) is 0 Å². The molecule has 0 radical (unpaired) electrons. The van der Waals surface area contributed by atoms with E-state index in [9.17, 15) is 4.39 Å². The number of benzene rings is 2. The normalized spacial score (nSPS) is 10.8. The molecule has 21 heavy (non-hydrogen) atoms. The van der Waals surface area contributed by atoms with Crippen LogP contribution in [0.3, 0.4) is 0 Å². The second kappa shape index (κ2) is 5.45. The highest BCUT2D eigenvalue weighted by molar-refractivity contribution is 14.1. The molecule has 2 aromatic carbocycles. The lowest BCUT2D eigenvalue weighted by Crippen LogP contribution is -1.99. The third-order valence-electron chi connectivity index (χ3n) is 3.37. The largest absolute Gasteiger partial charge is 0.324 e. The fraction of sp³-hybridized carbons (Fsp3) is 0.125. The monoisotopic (exact) mass is 391 g/mol. The molecular weight excluding hydrogens is 380 g/mol. The van der Waals surface area contributed by atoms with Crippen molar-refractivity contribution in [3.63, 3.8) is 0 Å². The number of nitriles is 1. The zero-order valence-electron chi connectivity index (χ0n) is 11.3. The van der Waals surface area contributed by atoms with Gasteiger partial charge in [-0.2, -0.15) is 5.26 Å². The Balaban J connectivity index is 2.29. The number of aryl methyl sites for hydroxylation is 1. The second-order valence-electron chi connectivity index (χ2n) is 4.62. The zero-order valence-corrected chi connectivity index (χ0v) is 13.4. The summed E-state index contributed by atoms with van der Waals surface area (Å²) >= 11 is 2.12. The van der Waals surface area contributed by atoms with Gasteiger partial charge in [0.1, 0.15) is 11.6 Å². The van der Waals surface area contributed by atoms with Crippen LogP contribution in [-0.4, -0.2) is 9.55 Å². The van der Waals surface area contributed by atoms with Gasteiger partial charge in [0, 0.05) is 15.7 Å². The molecule has 0 spiro atoms.